The minimum Gasteiger partial charge on any atom is -0.497 e. The maximum absolute atomic E-state index is 16.6. The molecule has 4 aromatic rings. The van der Waals surface area contributed by atoms with Crippen LogP contribution >= 0.6 is 0 Å². The Labute approximate surface area is 304 Å². The highest BCUT2D eigenvalue weighted by molar-refractivity contribution is 6.72. The topological polar surface area (TPSA) is 108 Å². The Morgan fingerprint density at radius 1 is 1.00 bits per heavy atom. The number of amides is 3. The predicted molar refractivity (Wildman–Crippen MR) is 199 cm³/mol. The lowest BCUT2D eigenvalue weighted by Crippen LogP contribution is -2.48. The number of carbonyl (C=O) groups excluding carboxylic acids is 3. The number of hydrogen-bond acceptors (Lipinski definition) is 6. The molecule has 0 aliphatic carbocycles. The molecule has 270 valence electrons. The van der Waals surface area contributed by atoms with Crippen molar-refractivity contribution in [3.05, 3.63) is 125 Å². The van der Waals surface area contributed by atoms with Gasteiger partial charge in [-0.2, -0.15) is 0 Å². The molecule has 0 saturated carbocycles. The van der Waals surface area contributed by atoms with Crippen LogP contribution in [0.5, 0.6) is 5.75 Å². The lowest BCUT2D eigenvalue weighted by atomic mass is 9.82. The average Bonchev–Trinajstić information content (AvgIpc) is 3.57. The summed E-state index contributed by atoms with van der Waals surface area (Å²) < 4.78 is 28.7. The summed E-state index contributed by atoms with van der Waals surface area (Å²) in [6.45, 7) is 5.46. The zero-order valence-corrected chi connectivity index (χ0v) is 30.8. The third-order valence-corrected chi connectivity index (χ3v) is 13.5. The number of halogens is 1. The monoisotopic (exact) mass is 721 g/mol. The van der Waals surface area contributed by atoms with E-state index in [1.807, 2.05) is 61.5 Å². The van der Waals surface area contributed by atoms with E-state index in [0.29, 0.717) is 41.2 Å². The molecule has 1 spiro atoms. The molecule has 0 aromatic heterocycles. The van der Waals surface area contributed by atoms with E-state index in [1.54, 1.807) is 72.5 Å². The van der Waals surface area contributed by atoms with Crippen LogP contribution in [0.25, 0.3) is 0 Å². The Hall–Kier alpha value is -4.84. The zero-order chi connectivity index (χ0) is 36.8. The quantitative estimate of drug-likeness (QED) is 0.149. The number of nitrogens with zero attached hydrogens (tertiary/aromatic N) is 2. The van der Waals surface area contributed by atoms with Crippen LogP contribution < -0.4 is 15.0 Å². The fraction of sp³-hybridized carbons (Fsp3) is 0.341. The first kappa shape index (κ1) is 35.6. The lowest BCUT2D eigenvalue weighted by molar-refractivity contribution is -0.151. The van der Waals surface area contributed by atoms with Gasteiger partial charge >= 0.3 is 0 Å². The predicted octanol–water partition coefficient (Wildman–Crippen LogP) is 6.61. The Bertz CT molecular complexity index is 1990. The van der Waals surface area contributed by atoms with Gasteiger partial charge in [-0.05, 0) is 78.7 Å². The zero-order valence-electron chi connectivity index (χ0n) is 29.8. The van der Waals surface area contributed by atoms with Gasteiger partial charge in [-0.25, -0.2) is 0 Å². The molecule has 2 N–H and O–H groups in total. The highest BCUT2D eigenvalue weighted by atomic mass is 28.4. The maximum atomic E-state index is 16.6. The van der Waals surface area contributed by atoms with Crippen molar-refractivity contribution < 1.29 is 33.1 Å². The summed E-state index contributed by atoms with van der Waals surface area (Å²) in [6, 6.07) is 29.1. The number of methoxy groups -OCH3 is 1. The highest BCUT2D eigenvalue weighted by Gasteiger charge is 2.67. The van der Waals surface area contributed by atoms with Gasteiger partial charge in [0.05, 0.1) is 44.5 Å². The van der Waals surface area contributed by atoms with Crippen molar-refractivity contribution in [2.24, 2.45) is 5.92 Å². The third kappa shape index (κ3) is 6.31. The first-order valence-corrected chi connectivity index (χ1v) is 20.7. The molecule has 7 rings (SSSR count). The fourth-order valence-electron chi connectivity index (χ4n) is 8.53. The van der Waals surface area contributed by atoms with Gasteiger partial charge in [0.25, 0.3) is 11.8 Å². The molecule has 3 aliphatic heterocycles. The third-order valence-electron chi connectivity index (χ3n) is 11.0. The van der Waals surface area contributed by atoms with Crippen LogP contribution in [0.15, 0.2) is 97.1 Å². The number of anilines is 2. The smallest absolute Gasteiger partial charge is 0.264 e. The molecule has 0 radical (unpaired) electrons. The van der Waals surface area contributed by atoms with E-state index in [2.05, 4.69) is 5.32 Å². The second-order valence-corrected chi connectivity index (χ2v) is 18.4. The lowest BCUT2D eigenvalue weighted by Gasteiger charge is -2.37. The summed E-state index contributed by atoms with van der Waals surface area (Å²) in [5.74, 6) is -0.927. The number of aliphatic hydroxyl groups excluding tert-OH is 1. The Morgan fingerprint density at radius 2 is 1.69 bits per heavy atom. The van der Waals surface area contributed by atoms with Crippen molar-refractivity contribution in [2.75, 3.05) is 23.9 Å². The van der Waals surface area contributed by atoms with Crippen molar-refractivity contribution in [1.29, 1.82) is 0 Å². The van der Waals surface area contributed by atoms with Crippen LogP contribution in [-0.4, -0.2) is 62.0 Å². The minimum absolute atomic E-state index is 0.134. The number of hydrogen-bond donors (Lipinski definition) is 2. The van der Waals surface area contributed by atoms with Gasteiger partial charge in [0.1, 0.15) is 5.75 Å². The van der Waals surface area contributed by atoms with Crippen LogP contribution in [0.4, 0.5) is 15.5 Å². The molecule has 3 heterocycles. The van der Waals surface area contributed by atoms with Gasteiger partial charge in [-0.3, -0.25) is 14.4 Å². The van der Waals surface area contributed by atoms with Crippen LogP contribution in [0.3, 0.4) is 0 Å². The van der Waals surface area contributed by atoms with Crippen molar-refractivity contribution >= 4 is 37.5 Å². The number of carbonyl (C=O) groups is 3. The van der Waals surface area contributed by atoms with E-state index in [4.69, 9.17) is 9.47 Å². The molecule has 0 unspecified atom stereocenters. The van der Waals surface area contributed by atoms with E-state index in [0.717, 1.165) is 16.7 Å². The number of benzene rings is 4. The average molecular weight is 722 g/mol. The second kappa shape index (κ2) is 13.9. The van der Waals surface area contributed by atoms with E-state index in [1.165, 1.54) is 0 Å². The van der Waals surface area contributed by atoms with Crippen LogP contribution in [0, 0.1) is 5.92 Å². The van der Waals surface area contributed by atoms with Crippen LogP contribution in [0.2, 0.25) is 18.6 Å². The number of fused-ring (bicyclic) bond motifs is 3. The van der Waals surface area contributed by atoms with Crippen molar-refractivity contribution in [3.8, 4) is 5.75 Å². The first-order chi connectivity index (χ1) is 24.9. The molecule has 0 bridgehead atoms. The number of nitrogens with one attached hydrogen (secondary N) is 1. The van der Waals surface area contributed by atoms with Gasteiger partial charge in [0.2, 0.25) is 14.3 Å². The molecule has 3 amide bonds. The van der Waals surface area contributed by atoms with E-state index in [-0.39, 0.29) is 37.3 Å². The summed E-state index contributed by atoms with van der Waals surface area (Å²) in [6.07, 6.45) is -0.510. The Balaban J connectivity index is 1.25. The molecule has 9 nitrogen and oxygen atoms in total. The fourth-order valence-corrected chi connectivity index (χ4v) is 11.0. The molecular weight excluding hydrogens is 678 g/mol. The number of aliphatic hydroxyl groups is 1. The van der Waals surface area contributed by atoms with Gasteiger partial charge in [-0.1, -0.05) is 61.5 Å². The Morgan fingerprint density at radius 3 is 2.37 bits per heavy atom. The summed E-state index contributed by atoms with van der Waals surface area (Å²) in [7, 11) is -2.02. The summed E-state index contributed by atoms with van der Waals surface area (Å²) >= 11 is 0. The minimum atomic E-state index is -3.58. The second-order valence-electron chi connectivity index (χ2n) is 14.6. The molecule has 1 saturated heterocycles. The molecule has 3 aliphatic rings. The van der Waals surface area contributed by atoms with E-state index in [9.17, 15) is 19.5 Å². The largest absolute Gasteiger partial charge is 0.497 e. The molecule has 52 heavy (non-hydrogen) atoms. The molecule has 11 heteroatoms. The normalized spacial score (nSPS) is 23.8. The van der Waals surface area contributed by atoms with Gasteiger partial charge in [0, 0.05) is 34.8 Å². The highest BCUT2D eigenvalue weighted by Crippen LogP contribution is 2.60. The molecule has 1 fully saturated rings. The van der Waals surface area contributed by atoms with Gasteiger partial charge in [-0.15, -0.1) is 0 Å². The van der Waals surface area contributed by atoms with Gasteiger partial charge in [0.15, 0.2) is 5.60 Å². The standard InChI is InChI=1S/C41H44FN3O6Si/c1-26-38(52(3,4)42)36(22-37(47)44-24-30-13-9-8-12-29(30)20-32(44)25-46)51-41(26)34-21-31(43-39(48)28-14-17-33(50-2)18-15-28)16-19-35(34)45(40(41)49)23-27-10-6-5-7-11-27/h5-19,21,26,32,36,38,46H,20,22-25H2,1-4H3,(H,43,48)/t26-,32+,36+,38-,41+/m1/s1. The first-order valence-electron chi connectivity index (χ1n) is 17.7. The molecular formula is C41H44FN3O6Si. The van der Waals surface area contributed by atoms with Crippen molar-refractivity contribution in [1.82, 2.24) is 4.90 Å². The Kier molecular flexibility index (Phi) is 9.53. The summed E-state index contributed by atoms with van der Waals surface area (Å²) in [5, 5.41) is 13.3. The van der Waals surface area contributed by atoms with Crippen LogP contribution in [-0.2, 0) is 39.4 Å². The van der Waals surface area contributed by atoms with Crippen molar-refractivity contribution in [2.45, 2.75) is 69.2 Å². The summed E-state index contributed by atoms with van der Waals surface area (Å²) in [5.41, 5.74) is 2.73. The molecule has 4 aromatic carbocycles. The van der Waals surface area contributed by atoms with E-state index < -0.39 is 37.6 Å². The molecule has 5 atom stereocenters. The van der Waals surface area contributed by atoms with Gasteiger partial charge < -0.3 is 33.8 Å². The maximum Gasteiger partial charge on any atom is 0.264 e. The van der Waals surface area contributed by atoms with E-state index >= 15 is 4.11 Å². The number of rotatable bonds is 9. The number of ether oxygens (including phenoxy) is 2. The summed E-state index contributed by atoms with van der Waals surface area (Å²) in [4.78, 5) is 45.8. The SMILES string of the molecule is COc1ccc(C(=O)Nc2ccc3c(c2)[C@]2(O[C@@H](CC(=O)N4Cc5ccccc5C[C@H]4CO)[C@H]([Si](C)(C)F)[C@H]2C)C(=O)N3Cc2ccccc2)cc1. The van der Waals surface area contributed by atoms with Crippen LogP contribution in [0.1, 0.15) is 46.0 Å². The van der Waals surface area contributed by atoms with Crippen molar-refractivity contribution in [3.63, 3.8) is 0 Å².